The van der Waals surface area contributed by atoms with E-state index in [1.807, 2.05) is 60.7 Å². The van der Waals surface area contributed by atoms with Gasteiger partial charge < -0.3 is 26.0 Å². The molecule has 5 rings (SSSR count). The fraction of sp³-hybridized carbons (Fsp3) is 0.103. The van der Waals surface area contributed by atoms with Crippen LogP contribution >= 0.6 is 23.2 Å². The number of allylic oxidation sites excluding steroid dienone is 1. The number of rotatable bonds is 7. The topological polar surface area (TPSA) is 102 Å². The van der Waals surface area contributed by atoms with Crippen molar-refractivity contribution in [3.63, 3.8) is 0 Å². The Balaban J connectivity index is 1.40. The van der Waals surface area contributed by atoms with Crippen molar-refractivity contribution in [3.8, 4) is 11.3 Å². The maximum absolute atomic E-state index is 12.9. The Hall–Kier alpha value is -4.20. The van der Waals surface area contributed by atoms with Crippen LogP contribution in [0.15, 0.2) is 91.1 Å². The first kappa shape index (κ1) is 25.4. The lowest BCUT2D eigenvalue weighted by molar-refractivity contribution is 0.236. The van der Waals surface area contributed by atoms with Gasteiger partial charge in [0.05, 0.1) is 6.04 Å². The van der Waals surface area contributed by atoms with Crippen molar-refractivity contribution in [2.45, 2.75) is 19.0 Å². The number of nitrogens with one attached hydrogen (secondary N) is 4. The van der Waals surface area contributed by atoms with Crippen LogP contribution in [0, 0.1) is 0 Å². The first-order chi connectivity index (χ1) is 18.4. The first-order valence-corrected chi connectivity index (χ1v) is 12.7. The molecule has 1 aliphatic rings. The number of hydrogen-bond acceptors (Lipinski definition) is 4. The third kappa shape index (κ3) is 5.85. The number of H-pyrrole nitrogens is 1. The minimum atomic E-state index is -0.487. The monoisotopic (exact) mass is 545 g/mol. The van der Waals surface area contributed by atoms with Crippen LogP contribution in [-0.4, -0.2) is 21.1 Å². The first-order valence-electron chi connectivity index (χ1n) is 12.0. The average Bonchev–Trinajstić information content (AvgIpc) is 3.29. The molecule has 5 N–H and O–H groups in total. The molecule has 2 heterocycles. The summed E-state index contributed by atoms with van der Waals surface area (Å²) in [7, 11) is 0. The second-order valence-electron chi connectivity index (χ2n) is 8.92. The Morgan fingerprint density at radius 2 is 1.82 bits per heavy atom. The molecule has 0 saturated carbocycles. The number of anilines is 1. The molecule has 0 unspecified atom stereocenters. The van der Waals surface area contributed by atoms with Gasteiger partial charge in [-0.3, -0.25) is 0 Å². The van der Waals surface area contributed by atoms with Gasteiger partial charge in [0.2, 0.25) is 0 Å². The number of aromatic nitrogens is 2. The number of carbonyl (C=O) groups is 1. The molecule has 1 aromatic heterocycles. The van der Waals surface area contributed by atoms with Crippen LogP contribution in [0.3, 0.4) is 0 Å². The molecule has 7 nitrogen and oxygen atoms in total. The Morgan fingerprint density at radius 3 is 2.61 bits per heavy atom. The zero-order chi connectivity index (χ0) is 26.6. The Bertz CT molecular complexity index is 1530. The third-order valence-corrected chi connectivity index (χ3v) is 6.62. The number of hydrogen-bond donors (Lipinski definition) is 5. The van der Waals surface area contributed by atoms with Gasteiger partial charge in [0, 0.05) is 40.2 Å². The second-order valence-corrected chi connectivity index (χ2v) is 9.74. The van der Waals surface area contributed by atoms with Crippen molar-refractivity contribution in [1.82, 2.24) is 20.6 Å². The van der Waals surface area contributed by atoms with E-state index in [0.717, 1.165) is 22.4 Å². The van der Waals surface area contributed by atoms with Crippen molar-refractivity contribution in [2.24, 2.45) is 0 Å². The van der Waals surface area contributed by atoms with Crippen molar-refractivity contribution < 1.29 is 9.90 Å². The lowest BCUT2D eigenvalue weighted by Crippen LogP contribution is -2.38. The Morgan fingerprint density at radius 1 is 1.03 bits per heavy atom. The summed E-state index contributed by atoms with van der Waals surface area (Å²) in [6.07, 6.45) is 2.06. The SMILES string of the molecule is C=C1C=C(O)c2cc(-c3nc([C@H](Cc4ccccc4)NC(=O)NCc4cccc(Cl)c4)[nH]c3Cl)ccc2N1. The van der Waals surface area contributed by atoms with Gasteiger partial charge in [-0.15, -0.1) is 0 Å². The minimum absolute atomic E-state index is 0.109. The standard InChI is InChI=1S/C29H25Cl2N5O2/c1-17-12-25(37)22-15-20(10-11-23(22)33-17)26-27(31)36-28(35-26)24(14-18-6-3-2-4-7-18)34-29(38)32-16-19-8-5-9-21(30)13-19/h2-13,15,24,33,37H,1,14,16H2,(H,35,36)(H2,32,34,38)/t24-/m0/s1. The van der Waals surface area contributed by atoms with Crippen LogP contribution < -0.4 is 16.0 Å². The van der Waals surface area contributed by atoms with E-state index in [-0.39, 0.29) is 11.8 Å². The fourth-order valence-electron chi connectivity index (χ4n) is 4.29. The quantitative estimate of drug-likeness (QED) is 0.172. The maximum Gasteiger partial charge on any atom is 0.315 e. The predicted octanol–water partition coefficient (Wildman–Crippen LogP) is 7.00. The Kier molecular flexibility index (Phi) is 7.40. The summed E-state index contributed by atoms with van der Waals surface area (Å²) < 4.78 is 0. The molecule has 0 saturated heterocycles. The molecular weight excluding hydrogens is 521 g/mol. The molecule has 0 bridgehead atoms. The number of fused-ring (bicyclic) bond motifs is 1. The highest BCUT2D eigenvalue weighted by Gasteiger charge is 2.23. The van der Waals surface area contributed by atoms with Crippen LogP contribution in [0.1, 0.15) is 28.6 Å². The number of urea groups is 1. The van der Waals surface area contributed by atoms with E-state index in [0.29, 0.717) is 45.9 Å². The number of aliphatic hydroxyl groups is 1. The predicted molar refractivity (Wildman–Crippen MR) is 152 cm³/mol. The van der Waals surface area contributed by atoms with E-state index in [1.165, 1.54) is 0 Å². The maximum atomic E-state index is 12.9. The van der Waals surface area contributed by atoms with Crippen LogP contribution in [0.2, 0.25) is 10.2 Å². The molecule has 4 aromatic rings. The molecule has 38 heavy (non-hydrogen) atoms. The van der Waals surface area contributed by atoms with Crippen molar-refractivity contribution in [2.75, 3.05) is 5.32 Å². The third-order valence-electron chi connectivity index (χ3n) is 6.11. The number of amides is 2. The number of halogens is 2. The van der Waals surface area contributed by atoms with Gasteiger partial charge in [0.15, 0.2) is 0 Å². The van der Waals surface area contributed by atoms with Crippen molar-refractivity contribution in [1.29, 1.82) is 0 Å². The van der Waals surface area contributed by atoms with E-state index < -0.39 is 6.04 Å². The zero-order valence-electron chi connectivity index (χ0n) is 20.3. The molecule has 3 aromatic carbocycles. The summed E-state index contributed by atoms with van der Waals surface area (Å²) >= 11 is 12.7. The summed E-state index contributed by atoms with van der Waals surface area (Å²) in [4.78, 5) is 20.8. The molecule has 1 aliphatic heterocycles. The number of aromatic amines is 1. The van der Waals surface area contributed by atoms with Gasteiger partial charge >= 0.3 is 6.03 Å². The van der Waals surface area contributed by atoms with E-state index in [4.69, 9.17) is 28.2 Å². The number of imidazole rings is 1. The average molecular weight is 546 g/mol. The highest BCUT2D eigenvalue weighted by atomic mass is 35.5. The fourth-order valence-corrected chi connectivity index (χ4v) is 4.76. The minimum Gasteiger partial charge on any atom is -0.507 e. The summed E-state index contributed by atoms with van der Waals surface area (Å²) in [5.74, 6) is 0.619. The van der Waals surface area contributed by atoms with Crippen LogP contribution in [0.25, 0.3) is 17.0 Å². The van der Waals surface area contributed by atoms with Crippen LogP contribution in [0.5, 0.6) is 0 Å². The van der Waals surface area contributed by atoms with Gasteiger partial charge in [-0.1, -0.05) is 78.3 Å². The normalized spacial score (nSPS) is 13.2. The number of benzene rings is 3. The van der Waals surface area contributed by atoms with Crippen LogP contribution in [0.4, 0.5) is 10.5 Å². The van der Waals surface area contributed by atoms with Crippen molar-refractivity contribution >= 4 is 40.7 Å². The largest absolute Gasteiger partial charge is 0.507 e. The molecule has 2 amide bonds. The number of nitrogens with zero attached hydrogens (tertiary/aromatic N) is 1. The lowest BCUT2D eigenvalue weighted by atomic mass is 10.0. The smallest absolute Gasteiger partial charge is 0.315 e. The molecule has 1 atom stereocenters. The van der Waals surface area contributed by atoms with Crippen molar-refractivity contribution in [3.05, 3.63) is 124 Å². The van der Waals surface area contributed by atoms with Gasteiger partial charge in [-0.2, -0.15) is 0 Å². The summed E-state index contributed by atoms with van der Waals surface area (Å²) in [6.45, 7) is 4.16. The Labute approximate surface area is 230 Å². The van der Waals surface area contributed by atoms with E-state index in [9.17, 15) is 9.90 Å². The molecule has 0 fully saturated rings. The molecular formula is C29H25Cl2N5O2. The number of aliphatic hydroxyl groups excluding tert-OH is 1. The number of carbonyl (C=O) groups excluding carboxylic acids is 1. The molecule has 0 aliphatic carbocycles. The van der Waals surface area contributed by atoms with E-state index >= 15 is 0 Å². The van der Waals surface area contributed by atoms with Gasteiger partial charge in [0.25, 0.3) is 0 Å². The molecule has 0 spiro atoms. The van der Waals surface area contributed by atoms with Crippen LogP contribution in [-0.2, 0) is 13.0 Å². The van der Waals surface area contributed by atoms with Gasteiger partial charge in [-0.05, 0) is 41.8 Å². The molecule has 192 valence electrons. The highest BCUT2D eigenvalue weighted by molar-refractivity contribution is 6.32. The summed E-state index contributed by atoms with van der Waals surface area (Å²) in [6, 6.07) is 21.8. The van der Waals surface area contributed by atoms with E-state index in [1.54, 1.807) is 18.2 Å². The second kappa shape index (κ2) is 11.0. The summed E-state index contributed by atoms with van der Waals surface area (Å²) in [5.41, 5.74) is 5.11. The van der Waals surface area contributed by atoms with E-state index in [2.05, 4.69) is 27.5 Å². The highest BCUT2D eigenvalue weighted by Crippen LogP contribution is 2.35. The summed E-state index contributed by atoms with van der Waals surface area (Å²) in [5, 5.41) is 20.4. The molecule has 0 radical (unpaired) electrons. The van der Waals surface area contributed by atoms with Gasteiger partial charge in [0.1, 0.15) is 22.4 Å². The molecule has 9 heteroatoms. The van der Waals surface area contributed by atoms with Gasteiger partial charge in [-0.25, -0.2) is 9.78 Å². The zero-order valence-corrected chi connectivity index (χ0v) is 21.8. The lowest BCUT2D eigenvalue weighted by Gasteiger charge is -2.18.